The summed E-state index contributed by atoms with van der Waals surface area (Å²) in [5.74, 6) is 0.484. The van der Waals surface area contributed by atoms with Crippen molar-refractivity contribution < 1.29 is 5.11 Å². The summed E-state index contributed by atoms with van der Waals surface area (Å²) in [5.41, 5.74) is 3.56. The summed E-state index contributed by atoms with van der Waals surface area (Å²) in [6.07, 6.45) is 0.253. The number of aliphatic hydroxyl groups excluding tert-OH is 1. The van der Waals surface area contributed by atoms with Gasteiger partial charge in [0.15, 0.2) is 0 Å². The van der Waals surface area contributed by atoms with Gasteiger partial charge in [-0.05, 0) is 46.9 Å². The molecule has 3 rings (SSSR count). The van der Waals surface area contributed by atoms with Crippen molar-refractivity contribution in [1.82, 2.24) is 0 Å². The number of benzene rings is 2. The van der Waals surface area contributed by atoms with Gasteiger partial charge in [-0.2, -0.15) is 0 Å². The van der Waals surface area contributed by atoms with E-state index in [1.165, 1.54) is 20.9 Å². The minimum absolute atomic E-state index is 0.424. The van der Waals surface area contributed by atoms with Crippen LogP contribution in [0.25, 0.3) is 0 Å². The molecule has 0 radical (unpaired) electrons. The molecule has 0 amide bonds. The molecule has 0 aromatic heterocycles. The highest BCUT2D eigenvalue weighted by Crippen LogP contribution is 2.42. The van der Waals surface area contributed by atoms with E-state index in [9.17, 15) is 5.11 Å². The Morgan fingerprint density at radius 2 is 1.90 bits per heavy atom. The van der Waals surface area contributed by atoms with Crippen LogP contribution in [-0.4, -0.2) is 5.11 Å². The normalized spacial score (nSPS) is 17.6. The van der Waals surface area contributed by atoms with Crippen molar-refractivity contribution in [3.8, 4) is 0 Å². The van der Waals surface area contributed by atoms with Crippen LogP contribution in [0, 0.1) is 0 Å². The maximum atomic E-state index is 10.6. The molecular weight excluding hydrogens is 332 g/mol. The first-order valence-electron chi connectivity index (χ1n) is 6.83. The molecule has 2 aromatic rings. The average Bonchev–Trinajstić information content (AvgIpc) is 2.54. The van der Waals surface area contributed by atoms with E-state index in [1.807, 2.05) is 0 Å². The molecule has 2 aromatic carbocycles. The molecule has 20 heavy (non-hydrogen) atoms. The van der Waals surface area contributed by atoms with Gasteiger partial charge < -0.3 is 5.11 Å². The fraction of sp³-hybridized carbons (Fsp3) is 0.294. The van der Waals surface area contributed by atoms with E-state index < -0.39 is 6.10 Å². The lowest BCUT2D eigenvalue weighted by Crippen LogP contribution is -2.03. The van der Waals surface area contributed by atoms with Gasteiger partial charge >= 0.3 is 0 Å². The van der Waals surface area contributed by atoms with Crippen LogP contribution in [0.5, 0.6) is 0 Å². The summed E-state index contributed by atoms with van der Waals surface area (Å²) in [5, 5.41) is 10.6. The largest absolute Gasteiger partial charge is 0.388 e. The Morgan fingerprint density at radius 1 is 1.15 bits per heavy atom. The van der Waals surface area contributed by atoms with Gasteiger partial charge in [0.25, 0.3) is 0 Å². The molecular formula is C17H17BrOS. The van der Waals surface area contributed by atoms with E-state index in [1.54, 1.807) is 11.8 Å². The third kappa shape index (κ3) is 2.67. The molecule has 1 atom stereocenters. The molecule has 0 unspecified atom stereocenters. The number of halogens is 1. The maximum absolute atomic E-state index is 10.6. The van der Waals surface area contributed by atoms with Gasteiger partial charge in [-0.15, -0.1) is 0 Å². The summed E-state index contributed by atoms with van der Waals surface area (Å²) in [7, 11) is 0. The molecule has 1 nitrogen and oxygen atoms in total. The van der Waals surface area contributed by atoms with Crippen LogP contribution in [0.1, 0.15) is 42.6 Å². The zero-order valence-corrected chi connectivity index (χ0v) is 14.0. The first-order valence-corrected chi connectivity index (χ1v) is 8.43. The van der Waals surface area contributed by atoms with Crippen LogP contribution < -0.4 is 0 Å². The fourth-order valence-electron chi connectivity index (χ4n) is 2.52. The summed E-state index contributed by atoms with van der Waals surface area (Å²) in [6, 6.07) is 12.8. The van der Waals surface area contributed by atoms with Crippen LogP contribution in [0.15, 0.2) is 50.7 Å². The Labute approximate surface area is 132 Å². The van der Waals surface area contributed by atoms with Gasteiger partial charge in [0.1, 0.15) is 0 Å². The van der Waals surface area contributed by atoms with Gasteiger partial charge in [-0.3, -0.25) is 0 Å². The predicted molar refractivity (Wildman–Crippen MR) is 87.5 cm³/mol. The van der Waals surface area contributed by atoms with Crippen molar-refractivity contribution in [3.05, 3.63) is 57.6 Å². The van der Waals surface area contributed by atoms with Crippen LogP contribution in [0.2, 0.25) is 0 Å². The summed E-state index contributed by atoms with van der Waals surface area (Å²) in [6.45, 7) is 4.37. The fourth-order valence-corrected chi connectivity index (χ4v) is 4.03. The highest BCUT2D eigenvalue weighted by Gasteiger charge is 2.21. The lowest BCUT2D eigenvalue weighted by Gasteiger charge is -2.14. The van der Waals surface area contributed by atoms with Gasteiger partial charge in [-0.25, -0.2) is 0 Å². The lowest BCUT2D eigenvalue weighted by atomic mass is 9.96. The minimum atomic E-state index is -0.424. The molecule has 0 fully saturated rings. The van der Waals surface area contributed by atoms with Gasteiger partial charge in [-0.1, -0.05) is 53.7 Å². The molecule has 0 saturated heterocycles. The zero-order chi connectivity index (χ0) is 14.3. The molecule has 1 N–H and O–H groups in total. The Morgan fingerprint density at radius 3 is 2.65 bits per heavy atom. The Hall–Kier alpha value is -0.770. The number of fused-ring (bicyclic) bond motifs is 2. The third-order valence-corrected chi connectivity index (χ3v) is 5.42. The second-order valence-electron chi connectivity index (χ2n) is 5.53. The Balaban J connectivity index is 2.08. The van der Waals surface area contributed by atoms with Crippen molar-refractivity contribution in [3.63, 3.8) is 0 Å². The Bertz CT molecular complexity index is 651. The maximum Gasteiger partial charge on any atom is 0.0841 e. The van der Waals surface area contributed by atoms with Crippen molar-refractivity contribution in [1.29, 1.82) is 0 Å². The third-order valence-electron chi connectivity index (χ3n) is 3.72. The van der Waals surface area contributed by atoms with Crippen molar-refractivity contribution in [2.45, 2.75) is 42.1 Å². The molecule has 1 aliphatic rings. The SMILES string of the molecule is CC(C)c1ccc2c(c1)[C@H](O)Cc1cc(Br)ccc1S2. The minimum Gasteiger partial charge on any atom is -0.388 e. The molecule has 1 aliphatic heterocycles. The van der Waals surface area contributed by atoms with E-state index in [0.29, 0.717) is 12.3 Å². The average molecular weight is 349 g/mol. The smallest absolute Gasteiger partial charge is 0.0841 e. The topological polar surface area (TPSA) is 20.2 Å². The highest BCUT2D eigenvalue weighted by molar-refractivity contribution is 9.10. The van der Waals surface area contributed by atoms with Crippen LogP contribution >= 0.6 is 27.7 Å². The summed E-state index contributed by atoms with van der Waals surface area (Å²) in [4.78, 5) is 2.41. The molecule has 104 valence electrons. The lowest BCUT2D eigenvalue weighted by molar-refractivity contribution is 0.175. The van der Waals surface area contributed by atoms with Crippen LogP contribution in [-0.2, 0) is 6.42 Å². The number of hydrogen-bond donors (Lipinski definition) is 1. The predicted octanol–water partition coefficient (Wildman–Crippen LogP) is 5.31. The molecule has 0 bridgehead atoms. The number of aliphatic hydroxyl groups is 1. The van der Waals surface area contributed by atoms with Crippen molar-refractivity contribution in [2.24, 2.45) is 0 Å². The van der Waals surface area contributed by atoms with Crippen LogP contribution in [0.4, 0.5) is 0 Å². The zero-order valence-electron chi connectivity index (χ0n) is 11.6. The van der Waals surface area contributed by atoms with E-state index in [4.69, 9.17) is 0 Å². The van der Waals surface area contributed by atoms with Gasteiger partial charge in [0, 0.05) is 20.7 Å². The molecule has 0 saturated carbocycles. The monoisotopic (exact) mass is 348 g/mol. The van der Waals surface area contributed by atoms with E-state index in [2.05, 4.69) is 66.2 Å². The van der Waals surface area contributed by atoms with Gasteiger partial charge in [0.2, 0.25) is 0 Å². The molecule has 1 heterocycles. The molecule has 0 aliphatic carbocycles. The van der Waals surface area contributed by atoms with Gasteiger partial charge in [0.05, 0.1) is 6.10 Å². The molecule has 0 spiro atoms. The standard InChI is InChI=1S/C17H17BrOS/c1-10(2)11-3-5-17-14(8-11)15(19)9-12-7-13(18)4-6-16(12)20-17/h3-8,10,15,19H,9H2,1-2H3/t15-/m1/s1. The van der Waals surface area contributed by atoms with E-state index >= 15 is 0 Å². The first kappa shape index (κ1) is 14.2. The Kier molecular flexibility index (Phi) is 3.93. The highest BCUT2D eigenvalue weighted by atomic mass is 79.9. The number of rotatable bonds is 1. The molecule has 3 heteroatoms. The van der Waals surface area contributed by atoms with Crippen molar-refractivity contribution >= 4 is 27.7 Å². The summed E-state index contributed by atoms with van der Waals surface area (Å²) >= 11 is 5.27. The second kappa shape index (κ2) is 5.55. The van der Waals surface area contributed by atoms with E-state index in [-0.39, 0.29) is 0 Å². The van der Waals surface area contributed by atoms with Crippen LogP contribution in [0.3, 0.4) is 0 Å². The quantitative estimate of drug-likeness (QED) is 0.753. The summed E-state index contributed by atoms with van der Waals surface area (Å²) < 4.78 is 1.07. The van der Waals surface area contributed by atoms with E-state index in [0.717, 1.165) is 10.0 Å². The number of hydrogen-bond acceptors (Lipinski definition) is 2. The first-order chi connectivity index (χ1) is 9.54. The second-order valence-corrected chi connectivity index (χ2v) is 7.53. The van der Waals surface area contributed by atoms with Crippen molar-refractivity contribution in [2.75, 3.05) is 0 Å².